The second-order valence-corrected chi connectivity index (χ2v) is 3.95. The highest BCUT2D eigenvalue weighted by Gasteiger charge is 2.30. The van der Waals surface area contributed by atoms with Crippen LogP contribution in [0.3, 0.4) is 0 Å². The predicted molar refractivity (Wildman–Crippen MR) is 49.6 cm³/mol. The summed E-state index contributed by atoms with van der Waals surface area (Å²) in [5.41, 5.74) is 1.69. The minimum Gasteiger partial charge on any atom is -0.295 e. The summed E-state index contributed by atoms with van der Waals surface area (Å²) in [7, 11) is 0. The van der Waals surface area contributed by atoms with E-state index in [0.29, 0.717) is 6.42 Å². The SMILES string of the molecule is C#CC1=C(C)C(=O)CCC1(C)C. The standard InChI is InChI=1S/C11H14O/c1-5-9-8(2)10(12)6-7-11(9,3)4/h1H,6-7H2,2-4H3. The first-order valence-corrected chi connectivity index (χ1v) is 4.20. The van der Waals surface area contributed by atoms with Crippen molar-refractivity contribution in [1.29, 1.82) is 0 Å². The molecule has 1 heteroatoms. The first kappa shape index (κ1) is 9.06. The molecule has 0 saturated carbocycles. The number of hydrogen-bond acceptors (Lipinski definition) is 1. The molecule has 0 heterocycles. The highest BCUT2D eigenvalue weighted by Crippen LogP contribution is 2.37. The summed E-state index contributed by atoms with van der Waals surface area (Å²) in [6.45, 7) is 6.02. The fraction of sp³-hybridized carbons (Fsp3) is 0.545. The molecule has 64 valence electrons. The maximum atomic E-state index is 11.3. The molecule has 0 saturated heterocycles. The fourth-order valence-corrected chi connectivity index (χ4v) is 1.69. The van der Waals surface area contributed by atoms with E-state index < -0.39 is 0 Å². The smallest absolute Gasteiger partial charge is 0.159 e. The number of Topliss-reactive ketones (excluding diaryl/α,β-unsaturated/α-hetero) is 1. The van der Waals surface area contributed by atoms with Crippen molar-refractivity contribution in [3.8, 4) is 12.3 Å². The van der Waals surface area contributed by atoms with Crippen LogP contribution in [0.2, 0.25) is 0 Å². The Labute approximate surface area is 73.9 Å². The van der Waals surface area contributed by atoms with E-state index in [0.717, 1.165) is 17.6 Å². The molecular formula is C11H14O. The molecule has 1 aliphatic carbocycles. The average molecular weight is 162 g/mol. The molecule has 0 atom stereocenters. The highest BCUT2D eigenvalue weighted by atomic mass is 16.1. The molecule has 0 aromatic heterocycles. The monoisotopic (exact) mass is 162 g/mol. The van der Waals surface area contributed by atoms with Crippen molar-refractivity contribution in [2.24, 2.45) is 5.41 Å². The van der Waals surface area contributed by atoms with Gasteiger partial charge in [-0.2, -0.15) is 0 Å². The Kier molecular flexibility index (Phi) is 2.10. The van der Waals surface area contributed by atoms with Crippen LogP contribution in [-0.4, -0.2) is 5.78 Å². The van der Waals surface area contributed by atoms with Gasteiger partial charge in [-0.3, -0.25) is 4.79 Å². The zero-order valence-corrected chi connectivity index (χ0v) is 7.90. The van der Waals surface area contributed by atoms with Crippen LogP contribution in [0.4, 0.5) is 0 Å². The van der Waals surface area contributed by atoms with Crippen molar-refractivity contribution in [3.63, 3.8) is 0 Å². The van der Waals surface area contributed by atoms with Gasteiger partial charge in [0.25, 0.3) is 0 Å². The lowest BCUT2D eigenvalue weighted by atomic mass is 9.73. The summed E-state index contributed by atoms with van der Waals surface area (Å²) in [5, 5.41) is 0. The molecular weight excluding hydrogens is 148 g/mol. The van der Waals surface area contributed by atoms with Crippen LogP contribution >= 0.6 is 0 Å². The van der Waals surface area contributed by atoms with E-state index in [1.807, 2.05) is 6.92 Å². The van der Waals surface area contributed by atoms with Gasteiger partial charge in [0, 0.05) is 17.6 Å². The van der Waals surface area contributed by atoms with E-state index in [-0.39, 0.29) is 11.2 Å². The molecule has 0 bridgehead atoms. The summed E-state index contributed by atoms with van der Waals surface area (Å²) in [6, 6.07) is 0. The van der Waals surface area contributed by atoms with Gasteiger partial charge in [0.15, 0.2) is 5.78 Å². The lowest BCUT2D eigenvalue weighted by Gasteiger charge is -2.30. The topological polar surface area (TPSA) is 17.1 Å². The van der Waals surface area contributed by atoms with E-state index in [1.54, 1.807) is 0 Å². The Morgan fingerprint density at radius 2 is 2.08 bits per heavy atom. The van der Waals surface area contributed by atoms with Crippen LogP contribution in [0.15, 0.2) is 11.1 Å². The van der Waals surface area contributed by atoms with E-state index in [9.17, 15) is 4.79 Å². The van der Waals surface area contributed by atoms with Crippen molar-refractivity contribution < 1.29 is 4.79 Å². The number of carbonyl (C=O) groups excluding carboxylic acids is 1. The summed E-state index contributed by atoms with van der Waals surface area (Å²) >= 11 is 0. The Morgan fingerprint density at radius 1 is 1.50 bits per heavy atom. The number of ketones is 1. The van der Waals surface area contributed by atoms with Gasteiger partial charge in [-0.15, -0.1) is 6.42 Å². The fourth-order valence-electron chi connectivity index (χ4n) is 1.69. The van der Waals surface area contributed by atoms with Gasteiger partial charge in [-0.1, -0.05) is 19.8 Å². The Hall–Kier alpha value is -1.03. The minimum atomic E-state index is 0.0206. The Balaban J connectivity index is 3.21. The molecule has 12 heavy (non-hydrogen) atoms. The second-order valence-electron chi connectivity index (χ2n) is 3.95. The molecule has 1 nitrogen and oxygen atoms in total. The molecule has 0 amide bonds. The molecule has 0 fully saturated rings. The molecule has 1 aliphatic rings. The van der Waals surface area contributed by atoms with Gasteiger partial charge in [-0.25, -0.2) is 0 Å². The molecule has 0 radical (unpaired) electrons. The first-order valence-electron chi connectivity index (χ1n) is 4.20. The largest absolute Gasteiger partial charge is 0.295 e. The molecule has 0 aliphatic heterocycles. The van der Waals surface area contributed by atoms with Crippen molar-refractivity contribution in [2.45, 2.75) is 33.6 Å². The third-order valence-corrected chi connectivity index (χ3v) is 2.59. The van der Waals surface area contributed by atoms with Crippen molar-refractivity contribution in [2.75, 3.05) is 0 Å². The van der Waals surface area contributed by atoms with Gasteiger partial charge in [-0.05, 0) is 18.8 Å². The molecule has 0 aromatic carbocycles. The predicted octanol–water partition coefficient (Wildman–Crippen LogP) is 2.33. The normalized spacial score (nSPS) is 22.3. The zero-order valence-electron chi connectivity index (χ0n) is 7.90. The quantitative estimate of drug-likeness (QED) is 0.499. The number of terminal acetylenes is 1. The maximum Gasteiger partial charge on any atom is 0.159 e. The van der Waals surface area contributed by atoms with E-state index in [4.69, 9.17) is 6.42 Å². The van der Waals surface area contributed by atoms with Gasteiger partial charge < -0.3 is 0 Å². The van der Waals surface area contributed by atoms with Crippen molar-refractivity contribution in [3.05, 3.63) is 11.1 Å². The zero-order chi connectivity index (χ0) is 9.35. The second kappa shape index (κ2) is 2.79. The third kappa shape index (κ3) is 1.30. The molecule has 1 rings (SSSR count). The van der Waals surface area contributed by atoms with Crippen LogP contribution in [0.1, 0.15) is 33.6 Å². The number of carbonyl (C=O) groups is 1. The van der Waals surface area contributed by atoms with E-state index in [2.05, 4.69) is 19.8 Å². The van der Waals surface area contributed by atoms with Gasteiger partial charge in [0.05, 0.1) is 0 Å². The average Bonchev–Trinajstić information content (AvgIpc) is 1.99. The lowest BCUT2D eigenvalue weighted by Crippen LogP contribution is -2.24. The summed E-state index contributed by atoms with van der Waals surface area (Å²) in [4.78, 5) is 11.3. The van der Waals surface area contributed by atoms with E-state index in [1.165, 1.54) is 0 Å². The lowest BCUT2D eigenvalue weighted by molar-refractivity contribution is -0.116. The number of rotatable bonds is 0. The van der Waals surface area contributed by atoms with E-state index >= 15 is 0 Å². The summed E-state index contributed by atoms with van der Waals surface area (Å²) in [6.07, 6.45) is 6.89. The summed E-state index contributed by atoms with van der Waals surface area (Å²) in [5.74, 6) is 2.84. The van der Waals surface area contributed by atoms with Crippen LogP contribution in [-0.2, 0) is 4.79 Å². The van der Waals surface area contributed by atoms with Crippen LogP contribution in [0.25, 0.3) is 0 Å². The van der Waals surface area contributed by atoms with Crippen molar-refractivity contribution in [1.82, 2.24) is 0 Å². The minimum absolute atomic E-state index is 0.0206. The molecule has 0 aromatic rings. The van der Waals surface area contributed by atoms with Crippen LogP contribution < -0.4 is 0 Å². The van der Waals surface area contributed by atoms with Gasteiger partial charge in [0.1, 0.15) is 0 Å². The number of hydrogen-bond donors (Lipinski definition) is 0. The molecule has 0 spiro atoms. The first-order chi connectivity index (χ1) is 5.49. The maximum absolute atomic E-state index is 11.3. The molecule has 0 N–H and O–H groups in total. The third-order valence-electron chi connectivity index (χ3n) is 2.59. The molecule has 0 unspecified atom stereocenters. The number of allylic oxidation sites excluding steroid dienone is 2. The van der Waals surface area contributed by atoms with Crippen LogP contribution in [0.5, 0.6) is 0 Å². The Bertz CT molecular complexity index is 287. The highest BCUT2D eigenvalue weighted by molar-refractivity contribution is 5.97. The summed E-state index contributed by atoms with van der Waals surface area (Å²) < 4.78 is 0. The van der Waals surface area contributed by atoms with Gasteiger partial charge >= 0.3 is 0 Å². The van der Waals surface area contributed by atoms with Crippen molar-refractivity contribution >= 4 is 5.78 Å². The van der Waals surface area contributed by atoms with Gasteiger partial charge in [0.2, 0.25) is 0 Å². The van der Waals surface area contributed by atoms with Crippen LogP contribution in [0, 0.1) is 17.8 Å². The Morgan fingerprint density at radius 3 is 2.50 bits per heavy atom.